The highest BCUT2D eigenvalue weighted by Crippen LogP contribution is 2.22. The Bertz CT molecular complexity index is 751. The van der Waals surface area contributed by atoms with E-state index in [1.54, 1.807) is 0 Å². The van der Waals surface area contributed by atoms with E-state index in [0.717, 1.165) is 32.1 Å². The van der Waals surface area contributed by atoms with Crippen LogP contribution < -0.4 is 0 Å². The van der Waals surface area contributed by atoms with E-state index in [0.29, 0.717) is 0 Å². The molecule has 0 N–H and O–H groups in total. The topological polar surface area (TPSA) is 37.2 Å². The average molecular weight is 366 g/mol. The van der Waals surface area contributed by atoms with E-state index in [-0.39, 0.29) is 0 Å². The summed E-state index contributed by atoms with van der Waals surface area (Å²) in [6.45, 7) is 6.29. The van der Waals surface area contributed by atoms with E-state index in [4.69, 9.17) is 5.10 Å². The predicted octanol–water partition coefficient (Wildman–Crippen LogP) is 3.47. The number of aromatic nitrogens is 3. The molecule has 0 saturated carbocycles. The van der Waals surface area contributed by atoms with Crippen LogP contribution in [0, 0.1) is 5.92 Å². The van der Waals surface area contributed by atoms with Gasteiger partial charge in [-0.2, -0.15) is 5.10 Å². The monoisotopic (exact) mass is 365 g/mol. The van der Waals surface area contributed by atoms with Crippen molar-refractivity contribution in [3.05, 3.63) is 59.7 Å². The summed E-state index contributed by atoms with van der Waals surface area (Å²) < 4.78 is 2.24. The van der Waals surface area contributed by atoms with Gasteiger partial charge < -0.3 is 0 Å². The lowest BCUT2D eigenvalue weighted by molar-refractivity contribution is 0.218. The summed E-state index contributed by atoms with van der Waals surface area (Å²) >= 11 is 0. The molecule has 4 rings (SSSR count). The standard InChI is InChI=1S/C22H31N5/c1-25(15-20-9-5-10-23-14-20)17-21-13-22-18-26(11-6-12-27(22)24-21)16-19-7-3-2-4-8-19/h2-3,5,9-10,13-14,19H,4,6-8,11-12,15-18H2,1H3/t19-/m0/s1. The molecule has 2 aromatic heterocycles. The second-order valence-corrected chi connectivity index (χ2v) is 8.12. The van der Waals surface area contributed by atoms with E-state index >= 15 is 0 Å². The maximum atomic E-state index is 4.90. The second-order valence-electron chi connectivity index (χ2n) is 8.12. The van der Waals surface area contributed by atoms with E-state index in [1.165, 1.54) is 55.7 Å². The van der Waals surface area contributed by atoms with Crippen molar-refractivity contribution in [3.63, 3.8) is 0 Å². The van der Waals surface area contributed by atoms with Crippen LogP contribution in [0.3, 0.4) is 0 Å². The highest BCUT2D eigenvalue weighted by molar-refractivity contribution is 5.13. The molecule has 0 bridgehead atoms. The molecule has 2 aliphatic rings. The largest absolute Gasteiger partial charge is 0.297 e. The van der Waals surface area contributed by atoms with E-state index in [2.05, 4.69) is 50.8 Å². The highest BCUT2D eigenvalue weighted by Gasteiger charge is 2.20. The molecule has 5 heteroatoms. The molecule has 0 amide bonds. The lowest BCUT2D eigenvalue weighted by atomic mass is 9.94. The Balaban J connectivity index is 1.36. The Hall–Kier alpha value is -1.98. The molecule has 27 heavy (non-hydrogen) atoms. The Morgan fingerprint density at radius 3 is 3.00 bits per heavy atom. The third-order valence-electron chi connectivity index (χ3n) is 5.65. The lowest BCUT2D eigenvalue weighted by Gasteiger charge is -2.26. The van der Waals surface area contributed by atoms with Crippen LogP contribution in [0.15, 0.2) is 42.7 Å². The third-order valence-corrected chi connectivity index (χ3v) is 5.65. The van der Waals surface area contributed by atoms with Crippen molar-refractivity contribution in [2.24, 2.45) is 5.92 Å². The van der Waals surface area contributed by atoms with Crippen LogP contribution in [0.25, 0.3) is 0 Å². The smallest absolute Gasteiger partial charge is 0.0768 e. The second kappa shape index (κ2) is 8.81. The quantitative estimate of drug-likeness (QED) is 0.735. The number of nitrogens with zero attached hydrogens (tertiary/aromatic N) is 5. The molecular formula is C22H31N5. The minimum Gasteiger partial charge on any atom is -0.297 e. The van der Waals surface area contributed by atoms with Crippen molar-refractivity contribution in [1.29, 1.82) is 0 Å². The van der Waals surface area contributed by atoms with Crippen LogP contribution in [0.5, 0.6) is 0 Å². The summed E-state index contributed by atoms with van der Waals surface area (Å²) in [4.78, 5) is 9.17. The molecule has 1 aliphatic heterocycles. The van der Waals surface area contributed by atoms with Gasteiger partial charge >= 0.3 is 0 Å². The number of aryl methyl sites for hydroxylation is 1. The van der Waals surface area contributed by atoms with Crippen LogP contribution in [0.2, 0.25) is 0 Å². The van der Waals surface area contributed by atoms with Crippen molar-refractivity contribution >= 4 is 0 Å². The molecule has 1 atom stereocenters. The first-order chi connectivity index (χ1) is 13.3. The van der Waals surface area contributed by atoms with Crippen molar-refractivity contribution in [1.82, 2.24) is 24.6 Å². The van der Waals surface area contributed by atoms with Gasteiger partial charge in [-0.05, 0) is 56.3 Å². The van der Waals surface area contributed by atoms with Gasteiger partial charge in [0.25, 0.3) is 0 Å². The normalized spacial score (nSPS) is 20.6. The molecule has 5 nitrogen and oxygen atoms in total. The van der Waals surface area contributed by atoms with Gasteiger partial charge in [0.2, 0.25) is 0 Å². The van der Waals surface area contributed by atoms with Crippen LogP contribution in [-0.4, -0.2) is 44.7 Å². The molecule has 144 valence electrons. The number of hydrogen-bond acceptors (Lipinski definition) is 4. The number of pyridine rings is 1. The number of allylic oxidation sites excluding steroid dienone is 2. The van der Waals surface area contributed by atoms with Crippen molar-refractivity contribution < 1.29 is 0 Å². The van der Waals surface area contributed by atoms with Gasteiger partial charge in [0.15, 0.2) is 0 Å². The Morgan fingerprint density at radius 2 is 2.19 bits per heavy atom. The van der Waals surface area contributed by atoms with Gasteiger partial charge in [-0.3, -0.25) is 19.5 Å². The SMILES string of the molecule is CN(Cc1cccnc1)Cc1cc2n(n1)CCCN(C[C@H]1CC=CCC1)C2. The minimum atomic E-state index is 0.828. The van der Waals surface area contributed by atoms with Gasteiger partial charge in [-0.25, -0.2) is 0 Å². The van der Waals surface area contributed by atoms with Crippen LogP contribution >= 0.6 is 0 Å². The number of fused-ring (bicyclic) bond motifs is 1. The zero-order valence-electron chi connectivity index (χ0n) is 16.4. The fourth-order valence-electron chi connectivity index (χ4n) is 4.34. The summed E-state index contributed by atoms with van der Waals surface area (Å²) in [5.41, 5.74) is 3.80. The molecule has 0 saturated heterocycles. The molecule has 0 spiro atoms. The van der Waals surface area contributed by atoms with Gasteiger partial charge in [0.1, 0.15) is 0 Å². The first kappa shape index (κ1) is 18.4. The predicted molar refractivity (Wildman–Crippen MR) is 108 cm³/mol. The van der Waals surface area contributed by atoms with Crippen LogP contribution in [0.1, 0.15) is 42.6 Å². The maximum Gasteiger partial charge on any atom is 0.0768 e. The van der Waals surface area contributed by atoms with E-state index in [9.17, 15) is 0 Å². The molecule has 0 unspecified atom stereocenters. The molecule has 0 aromatic carbocycles. The van der Waals surface area contributed by atoms with Crippen LogP contribution in [0.4, 0.5) is 0 Å². The first-order valence-corrected chi connectivity index (χ1v) is 10.3. The van der Waals surface area contributed by atoms with E-state index in [1.807, 2.05) is 18.5 Å². The summed E-state index contributed by atoms with van der Waals surface area (Å²) in [5, 5.41) is 4.90. The van der Waals surface area contributed by atoms with Gasteiger partial charge in [0.05, 0.1) is 11.4 Å². The summed E-state index contributed by atoms with van der Waals surface area (Å²) in [5.74, 6) is 0.828. The van der Waals surface area contributed by atoms with Gasteiger partial charge in [0, 0.05) is 51.7 Å². The fourth-order valence-corrected chi connectivity index (χ4v) is 4.34. The number of rotatable bonds is 6. The van der Waals surface area contributed by atoms with Crippen molar-refractivity contribution in [2.45, 2.75) is 51.9 Å². The zero-order chi connectivity index (χ0) is 18.5. The maximum absolute atomic E-state index is 4.90. The van der Waals surface area contributed by atoms with Gasteiger partial charge in [-0.1, -0.05) is 18.2 Å². The molecule has 1 aliphatic carbocycles. The molecule has 3 heterocycles. The fraction of sp³-hybridized carbons (Fsp3) is 0.545. The minimum absolute atomic E-state index is 0.828. The van der Waals surface area contributed by atoms with E-state index < -0.39 is 0 Å². The Morgan fingerprint density at radius 1 is 1.22 bits per heavy atom. The summed E-state index contributed by atoms with van der Waals surface area (Å²) in [7, 11) is 2.15. The Labute approximate surface area is 162 Å². The number of hydrogen-bond donors (Lipinski definition) is 0. The first-order valence-electron chi connectivity index (χ1n) is 10.3. The molecular weight excluding hydrogens is 334 g/mol. The lowest BCUT2D eigenvalue weighted by Crippen LogP contribution is -2.29. The van der Waals surface area contributed by atoms with Crippen molar-refractivity contribution in [2.75, 3.05) is 20.1 Å². The van der Waals surface area contributed by atoms with Gasteiger partial charge in [-0.15, -0.1) is 0 Å². The zero-order valence-corrected chi connectivity index (χ0v) is 16.4. The third kappa shape index (κ3) is 5.05. The summed E-state index contributed by atoms with van der Waals surface area (Å²) in [6.07, 6.45) is 13.5. The molecule has 0 fully saturated rings. The summed E-state index contributed by atoms with van der Waals surface area (Å²) in [6, 6.07) is 6.45. The average Bonchev–Trinajstić information content (AvgIpc) is 2.94. The molecule has 0 radical (unpaired) electrons. The highest BCUT2D eigenvalue weighted by atomic mass is 15.3. The molecule has 2 aromatic rings. The Kier molecular flexibility index (Phi) is 6.00. The van der Waals surface area contributed by atoms with Crippen molar-refractivity contribution in [3.8, 4) is 0 Å². The van der Waals surface area contributed by atoms with Crippen LogP contribution in [-0.2, 0) is 26.2 Å².